The Kier molecular flexibility index (Phi) is 9.18. The molecule has 1 fully saturated rings. The zero-order valence-corrected chi connectivity index (χ0v) is 24.0. The maximum absolute atomic E-state index is 13.5. The van der Waals surface area contributed by atoms with Crippen LogP contribution >= 0.6 is 11.3 Å². The summed E-state index contributed by atoms with van der Waals surface area (Å²) >= 11 is 1.33. The molecule has 41 heavy (non-hydrogen) atoms. The molecule has 0 unspecified atom stereocenters. The highest BCUT2D eigenvalue weighted by molar-refractivity contribution is 7.14. The van der Waals surface area contributed by atoms with E-state index in [0.29, 0.717) is 43.3 Å². The summed E-state index contributed by atoms with van der Waals surface area (Å²) in [6, 6.07) is 3.02. The van der Waals surface area contributed by atoms with Gasteiger partial charge in [0, 0.05) is 54.7 Å². The van der Waals surface area contributed by atoms with Gasteiger partial charge < -0.3 is 20.4 Å². The number of aliphatic hydroxyl groups is 1. The number of carbonyl (C=O) groups excluding carboxylic acids is 2. The van der Waals surface area contributed by atoms with E-state index >= 15 is 0 Å². The molecule has 4 heterocycles. The highest BCUT2D eigenvalue weighted by Gasteiger charge is 2.25. The Labute approximate surface area is 240 Å². The second-order valence-corrected chi connectivity index (χ2v) is 11.8. The molecule has 4 N–H and O–H groups in total. The fourth-order valence-corrected chi connectivity index (χ4v) is 5.48. The topological polar surface area (TPSA) is 166 Å². The number of hydrogen-bond donors (Lipinski definition) is 4. The number of hydrogen-bond acceptors (Lipinski definition) is 9. The normalized spacial score (nSPS) is 14.5. The van der Waals surface area contributed by atoms with Gasteiger partial charge in [-0.05, 0) is 37.0 Å². The van der Waals surface area contributed by atoms with Crippen molar-refractivity contribution in [1.29, 1.82) is 0 Å². The maximum Gasteiger partial charge on any atom is 0.328 e. The van der Waals surface area contributed by atoms with Crippen LogP contribution in [0.15, 0.2) is 34.6 Å². The summed E-state index contributed by atoms with van der Waals surface area (Å²) in [5, 5.41) is 25.9. The number of aromatic nitrogens is 3. The number of fused-ring (bicyclic) bond motifs is 1. The van der Waals surface area contributed by atoms with E-state index in [1.807, 2.05) is 31.1 Å². The van der Waals surface area contributed by atoms with Crippen molar-refractivity contribution in [1.82, 2.24) is 19.7 Å². The van der Waals surface area contributed by atoms with Crippen LogP contribution in [0.1, 0.15) is 61.6 Å². The first-order valence-corrected chi connectivity index (χ1v) is 14.2. The van der Waals surface area contributed by atoms with Crippen LogP contribution in [-0.2, 0) is 15.0 Å². The maximum atomic E-state index is 13.5. The van der Waals surface area contributed by atoms with Crippen LogP contribution in [0.5, 0.6) is 0 Å². The smallest absolute Gasteiger partial charge is 0.328 e. The van der Waals surface area contributed by atoms with Gasteiger partial charge in [0.1, 0.15) is 11.5 Å². The van der Waals surface area contributed by atoms with Crippen LogP contribution in [0.4, 0.5) is 10.9 Å². The molecule has 1 aliphatic heterocycles. The molecule has 0 bridgehead atoms. The number of pyridine rings is 1. The van der Waals surface area contributed by atoms with E-state index in [1.54, 1.807) is 0 Å². The first kappa shape index (κ1) is 29.9. The Morgan fingerprint density at radius 1 is 1.20 bits per heavy atom. The Balaban J connectivity index is 1.61. The number of nitrogens with zero attached hydrogens (tertiary/aromatic N) is 4. The molecule has 1 saturated heterocycles. The number of nitrogens with one attached hydrogen (secondary N) is 2. The van der Waals surface area contributed by atoms with Crippen molar-refractivity contribution in [2.24, 2.45) is 5.92 Å². The van der Waals surface area contributed by atoms with Crippen LogP contribution < -0.4 is 21.1 Å². The summed E-state index contributed by atoms with van der Waals surface area (Å²) in [5.74, 6) is -1.26. The molecular formula is C28H34N6O6S. The lowest BCUT2D eigenvalue weighted by atomic mass is 9.93. The van der Waals surface area contributed by atoms with Gasteiger partial charge >= 0.3 is 5.97 Å². The first-order valence-electron chi connectivity index (χ1n) is 13.3. The average molecular weight is 583 g/mol. The standard InChI is InChI=1S/C28H34N6O6S/c1-28(2,3)20-16-41-27(30-20)32-25(39)18-8-12-34-21(15-18)31-24(19(26(34)40)4-5-23(37)38)33-10-6-17(7-11-33)14-22(36)29-9-13-35/h4-5,8,12,15-17,35H,6-7,9-11,13-14H2,1-3H3,(H,29,36)(H,37,38)(H,30,32,39)/b5-4+. The summed E-state index contributed by atoms with van der Waals surface area (Å²) in [6.07, 6.45) is 5.26. The third kappa shape index (κ3) is 7.35. The molecule has 0 aromatic carbocycles. The molecule has 218 valence electrons. The molecule has 3 aromatic rings. The van der Waals surface area contributed by atoms with Crippen molar-refractivity contribution < 1.29 is 24.6 Å². The van der Waals surface area contributed by atoms with E-state index in [0.717, 1.165) is 11.8 Å². The first-order chi connectivity index (χ1) is 19.5. The number of carbonyl (C=O) groups is 3. The number of piperidine rings is 1. The Bertz CT molecular complexity index is 1530. The van der Waals surface area contributed by atoms with Gasteiger partial charge in [-0.1, -0.05) is 20.8 Å². The van der Waals surface area contributed by atoms with Crippen molar-refractivity contribution in [3.8, 4) is 0 Å². The summed E-state index contributed by atoms with van der Waals surface area (Å²) in [4.78, 5) is 60.9. The zero-order chi connectivity index (χ0) is 29.7. The molecule has 12 nitrogen and oxygen atoms in total. The van der Waals surface area contributed by atoms with Crippen LogP contribution in [0.25, 0.3) is 11.7 Å². The molecule has 0 spiro atoms. The number of rotatable bonds is 9. The molecule has 2 amide bonds. The molecule has 3 aromatic heterocycles. The second-order valence-electron chi connectivity index (χ2n) is 10.9. The lowest BCUT2D eigenvalue weighted by Crippen LogP contribution is -2.38. The minimum absolute atomic E-state index is 0.119. The lowest BCUT2D eigenvalue weighted by Gasteiger charge is -2.33. The van der Waals surface area contributed by atoms with Gasteiger partial charge in [-0.3, -0.25) is 24.1 Å². The van der Waals surface area contributed by atoms with E-state index in [2.05, 4.69) is 15.6 Å². The van der Waals surface area contributed by atoms with Gasteiger partial charge in [0.2, 0.25) is 5.91 Å². The molecule has 13 heteroatoms. The number of carboxylic acids is 1. The number of amides is 2. The monoisotopic (exact) mass is 582 g/mol. The van der Waals surface area contributed by atoms with E-state index < -0.39 is 17.4 Å². The fraction of sp³-hybridized carbons (Fsp3) is 0.429. The molecular weight excluding hydrogens is 548 g/mol. The summed E-state index contributed by atoms with van der Waals surface area (Å²) < 4.78 is 1.28. The zero-order valence-electron chi connectivity index (χ0n) is 23.2. The molecule has 0 aliphatic carbocycles. The minimum atomic E-state index is -1.20. The van der Waals surface area contributed by atoms with Crippen LogP contribution in [0.2, 0.25) is 0 Å². The van der Waals surface area contributed by atoms with Crippen LogP contribution in [0, 0.1) is 5.92 Å². The van der Waals surface area contributed by atoms with Gasteiger partial charge in [0.25, 0.3) is 11.5 Å². The highest BCUT2D eigenvalue weighted by Crippen LogP contribution is 2.28. The van der Waals surface area contributed by atoms with Gasteiger partial charge in [-0.25, -0.2) is 14.8 Å². The minimum Gasteiger partial charge on any atom is -0.478 e. The van der Waals surface area contributed by atoms with Crippen molar-refractivity contribution in [2.75, 3.05) is 36.5 Å². The highest BCUT2D eigenvalue weighted by atomic mass is 32.1. The number of anilines is 2. The quantitative estimate of drug-likeness (QED) is 0.277. The van der Waals surface area contributed by atoms with E-state index in [9.17, 15) is 24.3 Å². The van der Waals surface area contributed by atoms with Crippen molar-refractivity contribution in [3.05, 3.63) is 57.0 Å². The van der Waals surface area contributed by atoms with Gasteiger partial charge in [0.15, 0.2) is 5.13 Å². The van der Waals surface area contributed by atoms with E-state index in [4.69, 9.17) is 10.1 Å². The summed E-state index contributed by atoms with van der Waals surface area (Å²) in [7, 11) is 0. The van der Waals surface area contributed by atoms with Crippen LogP contribution in [-0.4, -0.2) is 68.6 Å². The second kappa shape index (κ2) is 12.6. The van der Waals surface area contributed by atoms with Crippen molar-refractivity contribution in [2.45, 2.75) is 45.4 Å². The molecule has 1 aliphatic rings. The SMILES string of the molecule is CC(C)(C)c1csc(NC(=O)c2ccn3c(=O)c(/C=C/C(=O)O)c(N4CCC(CC(=O)NCCO)CC4)nc3c2)n1. The molecule has 0 atom stereocenters. The third-order valence-corrected chi connectivity index (χ3v) is 7.57. The predicted octanol–water partition coefficient (Wildman–Crippen LogP) is 2.51. The number of aliphatic hydroxyl groups excluding tert-OH is 1. The Morgan fingerprint density at radius 2 is 1.93 bits per heavy atom. The van der Waals surface area contributed by atoms with Crippen molar-refractivity contribution >= 4 is 51.8 Å². The molecule has 4 rings (SSSR count). The molecule has 0 radical (unpaired) electrons. The molecule has 0 saturated carbocycles. The largest absolute Gasteiger partial charge is 0.478 e. The summed E-state index contributed by atoms with van der Waals surface area (Å²) in [6.45, 7) is 7.23. The van der Waals surface area contributed by atoms with Gasteiger partial charge in [-0.15, -0.1) is 11.3 Å². The average Bonchev–Trinajstić information content (AvgIpc) is 3.40. The fourth-order valence-electron chi connectivity index (χ4n) is 4.55. The van der Waals surface area contributed by atoms with Crippen molar-refractivity contribution in [3.63, 3.8) is 0 Å². The Morgan fingerprint density at radius 3 is 2.56 bits per heavy atom. The Hall–Kier alpha value is -4.10. The van der Waals surface area contributed by atoms with Gasteiger partial charge in [0.05, 0.1) is 17.9 Å². The predicted molar refractivity (Wildman–Crippen MR) is 157 cm³/mol. The number of aliphatic carboxylic acids is 1. The summed E-state index contributed by atoms with van der Waals surface area (Å²) in [5.41, 5.74) is 0.901. The number of thiazole rings is 1. The third-order valence-electron chi connectivity index (χ3n) is 6.82. The number of carboxylic acid groups (broad SMARTS) is 1. The lowest BCUT2D eigenvalue weighted by molar-refractivity contribution is -0.131. The van der Waals surface area contributed by atoms with Crippen LogP contribution in [0.3, 0.4) is 0 Å². The van der Waals surface area contributed by atoms with Gasteiger partial charge in [-0.2, -0.15) is 0 Å². The van der Waals surface area contributed by atoms with E-state index in [-0.39, 0.29) is 47.2 Å². The van der Waals surface area contributed by atoms with E-state index in [1.165, 1.54) is 40.1 Å².